The number of hydrogen-bond donors (Lipinski definition) is 2. The Morgan fingerprint density at radius 3 is 2.80 bits per heavy atom. The number of aliphatic carboxylic acids is 1. The fourth-order valence-corrected chi connectivity index (χ4v) is 3.18. The smallest absolute Gasteiger partial charge is 0.317 e. The Morgan fingerprint density at radius 2 is 2.00 bits per heavy atom. The lowest BCUT2D eigenvalue weighted by atomic mass is 10.3. The molecule has 0 saturated carbocycles. The van der Waals surface area contributed by atoms with Crippen LogP contribution in [-0.4, -0.2) is 80.3 Å². The second-order valence-electron chi connectivity index (χ2n) is 6.30. The van der Waals surface area contributed by atoms with Crippen molar-refractivity contribution in [2.45, 2.75) is 19.1 Å². The summed E-state index contributed by atoms with van der Waals surface area (Å²) in [5.74, 6) is -0.979. The molecule has 2 N–H and O–H groups in total. The standard InChI is InChI=1S/C17H22N4O4/c22-13-9-19(11-17(24)25)7-8-20(10-13)16(23)5-6-21-12-18-14-3-1-2-4-15(14)21/h1-4,12-13,22H,5-11H2,(H,24,25)/t13-/m0/s1. The molecule has 0 radical (unpaired) electrons. The topological polar surface area (TPSA) is 98.9 Å². The molecular formula is C17H22N4O4. The summed E-state index contributed by atoms with van der Waals surface area (Å²) >= 11 is 0. The number of carboxylic acids is 1. The number of para-hydroxylation sites is 2. The number of hydrogen-bond acceptors (Lipinski definition) is 5. The molecule has 1 atom stereocenters. The maximum atomic E-state index is 12.5. The summed E-state index contributed by atoms with van der Waals surface area (Å²) < 4.78 is 1.94. The molecule has 1 aromatic carbocycles. The van der Waals surface area contributed by atoms with Gasteiger partial charge in [-0.2, -0.15) is 0 Å². The molecule has 1 aliphatic rings. The number of carbonyl (C=O) groups is 2. The van der Waals surface area contributed by atoms with Crippen LogP contribution in [-0.2, 0) is 16.1 Å². The first-order valence-corrected chi connectivity index (χ1v) is 8.33. The Bertz CT molecular complexity index is 760. The maximum Gasteiger partial charge on any atom is 0.317 e. The first-order valence-electron chi connectivity index (χ1n) is 8.33. The molecule has 0 aliphatic carbocycles. The van der Waals surface area contributed by atoms with Crippen LogP contribution in [0.3, 0.4) is 0 Å². The largest absolute Gasteiger partial charge is 0.480 e. The van der Waals surface area contributed by atoms with E-state index in [0.717, 1.165) is 11.0 Å². The van der Waals surface area contributed by atoms with Crippen molar-refractivity contribution in [2.75, 3.05) is 32.7 Å². The Morgan fingerprint density at radius 1 is 1.20 bits per heavy atom. The van der Waals surface area contributed by atoms with Crippen LogP contribution in [0.4, 0.5) is 0 Å². The van der Waals surface area contributed by atoms with Gasteiger partial charge in [-0.05, 0) is 12.1 Å². The van der Waals surface area contributed by atoms with Crippen LogP contribution in [0.15, 0.2) is 30.6 Å². The number of aryl methyl sites for hydroxylation is 1. The lowest BCUT2D eigenvalue weighted by Gasteiger charge is -2.22. The van der Waals surface area contributed by atoms with Crippen LogP contribution in [0, 0.1) is 0 Å². The number of carboxylic acid groups (broad SMARTS) is 1. The summed E-state index contributed by atoms with van der Waals surface area (Å²) in [5.41, 5.74) is 1.88. The first kappa shape index (κ1) is 17.4. The lowest BCUT2D eigenvalue weighted by Crippen LogP contribution is -2.38. The van der Waals surface area contributed by atoms with Crippen LogP contribution in [0.25, 0.3) is 11.0 Å². The van der Waals surface area contributed by atoms with Gasteiger partial charge in [0.1, 0.15) is 0 Å². The SMILES string of the molecule is O=C(O)CN1CCN(C(=O)CCn2cnc3ccccc32)C[C@@H](O)C1. The number of rotatable bonds is 5. The van der Waals surface area contributed by atoms with Gasteiger partial charge in [-0.1, -0.05) is 12.1 Å². The molecule has 2 heterocycles. The lowest BCUT2D eigenvalue weighted by molar-refractivity contribution is -0.138. The van der Waals surface area contributed by atoms with Gasteiger partial charge in [-0.3, -0.25) is 14.5 Å². The van der Waals surface area contributed by atoms with Gasteiger partial charge in [0.2, 0.25) is 5.91 Å². The van der Waals surface area contributed by atoms with E-state index < -0.39 is 12.1 Å². The quantitative estimate of drug-likeness (QED) is 0.792. The zero-order valence-electron chi connectivity index (χ0n) is 13.9. The molecule has 3 rings (SSSR count). The molecule has 0 unspecified atom stereocenters. The van der Waals surface area contributed by atoms with E-state index in [2.05, 4.69) is 4.98 Å². The summed E-state index contributed by atoms with van der Waals surface area (Å²) in [7, 11) is 0. The number of imidazole rings is 1. The molecule has 134 valence electrons. The fourth-order valence-electron chi connectivity index (χ4n) is 3.18. The number of nitrogens with zero attached hydrogens (tertiary/aromatic N) is 4. The van der Waals surface area contributed by atoms with E-state index >= 15 is 0 Å². The Balaban J connectivity index is 1.58. The number of carbonyl (C=O) groups excluding carboxylic acids is 1. The highest BCUT2D eigenvalue weighted by Crippen LogP contribution is 2.13. The van der Waals surface area contributed by atoms with Crippen molar-refractivity contribution in [2.24, 2.45) is 0 Å². The molecule has 1 fully saturated rings. The highest BCUT2D eigenvalue weighted by molar-refractivity contribution is 5.77. The number of amides is 1. The molecule has 1 aromatic heterocycles. The van der Waals surface area contributed by atoms with Crippen LogP contribution in [0.2, 0.25) is 0 Å². The van der Waals surface area contributed by atoms with Crippen LogP contribution < -0.4 is 0 Å². The van der Waals surface area contributed by atoms with Gasteiger partial charge in [-0.15, -0.1) is 0 Å². The van der Waals surface area contributed by atoms with E-state index in [1.54, 1.807) is 16.1 Å². The minimum atomic E-state index is -0.932. The summed E-state index contributed by atoms with van der Waals surface area (Å²) in [6.45, 7) is 1.77. The monoisotopic (exact) mass is 346 g/mol. The summed E-state index contributed by atoms with van der Waals surface area (Å²) in [5, 5.41) is 18.9. The highest BCUT2D eigenvalue weighted by atomic mass is 16.4. The number of aliphatic hydroxyl groups excluding tert-OH is 1. The second kappa shape index (κ2) is 7.62. The molecule has 25 heavy (non-hydrogen) atoms. The molecule has 1 amide bonds. The van der Waals surface area contributed by atoms with Crippen molar-refractivity contribution >= 4 is 22.9 Å². The average molecular weight is 346 g/mol. The molecular weight excluding hydrogens is 324 g/mol. The fraction of sp³-hybridized carbons (Fsp3) is 0.471. The highest BCUT2D eigenvalue weighted by Gasteiger charge is 2.25. The molecule has 0 bridgehead atoms. The number of fused-ring (bicyclic) bond motifs is 1. The average Bonchev–Trinajstić information content (AvgIpc) is 2.89. The zero-order valence-corrected chi connectivity index (χ0v) is 13.9. The molecule has 8 heteroatoms. The zero-order chi connectivity index (χ0) is 17.8. The third kappa shape index (κ3) is 4.34. The van der Waals surface area contributed by atoms with E-state index in [4.69, 9.17) is 5.11 Å². The number of aromatic nitrogens is 2. The number of benzene rings is 1. The Hall–Kier alpha value is -2.45. The summed E-state index contributed by atoms with van der Waals surface area (Å²) in [6, 6.07) is 7.75. The van der Waals surface area contributed by atoms with E-state index in [1.807, 2.05) is 28.8 Å². The van der Waals surface area contributed by atoms with Gasteiger partial charge in [0.25, 0.3) is 0 Å². The molecule has 1 aliphatic heterocycles. The van der Waals surface area contributed by atoms with E-state index in [0.29, 0.717) is 26.1 Å². The van der Waals surface area contributed by atoms with Gasteiger partial charge in [-0.25, -0.2) is 4.98 Å². The van der Waals surface area contributed by atoms with Crippen molar-refractivity contribution in [1.82, 2.24) is 19.4 Å². The minimum Gasteiger partial charge on any atom is -0.480 e. The predicted molar refractivity (Wildman–Crippen MR) is 91.0 cm³/mol. The third-order valence-corrected chi connectivity index (χ3v) is 4.39. The summed E-state index contributed by atoms with van der Waals surface area (Å²) in [4.78, 5) is 30.9. The third-order valence-electron chi connectivity index (χ3n) is 4.39. The normalized spacial score (nSPS) is 19.1. The van der Waals surface area contributed by atoms with Gasteiger partial charge in [0.15, 0.2) is 0 Å². The van der Waals surface area contributed by atoms with E-state index in [9.17, 15) is 14.7 Å². The molecule has 8 nitrogen and oxygen atoms in total. The first-order chi connectivity index (χ1) is 12.0. The molecule has 2 aromatic rings. The molecule has 0 spiro atoms. The number of β-amino-alcohol motifs (C(OH)–C–C–N with tert-alkyl or cyclic N) is 1. The van der Waals surface area contributed by atoms with Gasteiger partial charge in [0, 0.05) is 39.1 Å². The second-order valence-corrected chi connectivity index (χ2v) is 6.30. The van der Waals surface area contributed by atoms with Crippen LogP contribution in [0.5, 0.6) is 0 Å². The van der Waals surface area contributed by atoms with Gasteiger partial charge in [0.05, 0.1) is 30.0 Å². The Kier molecular flexibility index (Phi) is 5.30. The van der Waals surface area contributed by atoms with Crippen LogP contribution in [0.1, 0.15) is 6.42 Å². The Labute approximate surface area is 145 Å². The number of aliphatic hydroxyl groups is 1. The van der Waals surface area contributed by atoms with Crippen molar-refractivity contribution in [1.29, 1.82) is 0 Å². The van der Waals surface area contributed by atoms with E-state index in [1.165, 1.54) is 0 Å². The van der Waals surface area contributed by atoms with E-state index in [-0.39, 0.29) is 25.5 Å². The van der Waals surface area contributed by atoms with Crippen molar-refractivity contribution < 1.29 is 19.8 Å². The maximum absolute atomic E-state index is 12.5. The molecule has 1 saturated heterocycles. The minimum absolute atomic E-state index is 0.0472. The van der Waals surface area contributed by atoms with Gasteiger partial charge >= 0.3 is 5.97 Å². The predicted octanol–water partition coefficient (Wildman–Crippen LogP) is 0.0161. The van der Waals surface area contributed by atoms with Gasteiger partial charge < -0.3 is 19.7 Å². The van der Waals surface area contributed by atoms with Crippen molar-refractivity contribution in [3.8, 4) is 0 Å². The van der Waals surface area contributed by atoms with Crippen LogP contribution >= 0.6 is 0 Å². The summed E-state index contributed by atoms with van der Waals surface area (Å²) in [6.07, 6.45) is 1.30. The van der Waals surface area contributed by atoms with Crippen molar-refractivity contribution in [3.05, 3.63) is 30.6 Å². The van der Waals surface area contributed by atoms with Crippen molar-refractivity contribution in [3.63, 3.8) is 0 Å².